The van der Waals surface area contributed by atoms with Gasteiger partial charge in [-0.3, -0.25) is 9.59 Å². The van der Waals surface area contributed by atoms with Crippen LogP contribution in [0.3, 0.4) is 0 Å². The summed E-state index contributed by atoms with van der Waals surface area (Å²) in [4.78, 5) is 24.1. The van der Waals surface area contributed by atoms with Gasteiger partial charge < -0.3 is 9.88 Å². The summed E-state index contributed by atoms with van der Waals surface area (Å²) in [7, 11) is 1.49. The number of hydrogen-bond donors (Lipinski definition) is 1. The van der Waals surface area contributed by atoms with Crippen LogP contribution < -0.4 is 10.9 Å². The first-order chi connectivity index (χ1) is 10.0. The van der Waals surface area contributed by atoms with E-state index in [9.17, 15) is 14.0 Å². The molecule has 1 aromatic carbocycles. The molecule has 0 unspecified atom stereocenters. The summed E-state index contributed by atoms with van der Waals surface area (Å²) in [6, 6.07) is 7.57. The summed E-state index contributed by atoms with van der Waals surface area (Å²) in [6.45, 7) is 2.26. The van der Waals surface area contributed by atoms with Gasteiger partial charge >= 0.3 is 0 Å². The maximum atomic E-state index is 12.9. The van der Waals surface area contributed by atoms with Crippen LogP contribution in [0.25, 0.3) is 0 Å². The summed E-state index contributed by atoms with van der Waals surface area (Å²) in [5.41, 5.74) is 1.47. The minimum absolute atomic E-state index is 0.124. The maximum Gasteiger partial charge on any atom is 0.263 e. The van der Waals surface area contributed by atoms with E-state index in [0.717, 1.165) is 11.1 Å². The number of pyridine rings is 1. The highest BCUT2D eigenvalue weighted by molar-refractivity contribution is 5.93. The minimum Gasteiger partial charge on any atom is -0.355 e. The number of nitrogens with one attached hydrogen (secondary N) is 1. The average molecular weight is 288 g/mol. The zero-order valence-electron chi connectivity index (χ0n) is 12.0. The van der Waals surface area contributed by atoms with Crippen molar-refractivity contribution >= 4 is 5.91 Å². The zero-order chi connectivity index (χ0) is 15.4. The van der Waals surface area contributed by atoms with Crippen molar-refractivity contribution in [3.63, 3.8) is 0 Å². The Labute approximate surface area is 122 Å². The predicted molar refractivity (Wildman–Crippen MR) is 79.0 cm³/mol. The predicted octanol–water partition coefficient (Wildman–Crippen LogP) is 1.96. The van der Waals surface area contributed by atoms with E-state index in [4.69, 9.17) is 0 Å². The van der Waals surface area contributed by atoms with E-state index in [1.54, 1.807) is 24.4 Å². The van der Waals surface area contributed by atoms with Crippen molar-refractivity contribution in [2.45, 2.75) is 19.9 Å². The van der Waals surface area contributed by atoms with Crippen molar-refractivity contribution in [3.8, 4) is 0 Å². The molecule has 0 atom stereocenters. The van der Waals surface area contributed by atoms with E-state index < -0.39 is 5.91 Å². The molecule has 0 aliphatic carbocycles. The van der Waals surface area contributed by atoms with Crippen LogP contribution in [0.2, 0.25) is 0 Å². The normalized spacial score (nSPS) is 10.4. The third kappa shape index (κ3) is 3.37. The van der Waals surface area contributed by atoms with Crippen LogP contribution in [-0.2, 0) is 13.0 Å². The average Bonchev–Trinajstić information content (AvgIpc) is 2.50. The molecule has 1 aromatic heterocycles. The van der Waals surface area contributed by atoms with Gasteiger partial charge in [-0.05, 0) is 35.7 Å². The number of carbonyl (C=O) groups is 1. The van der Waals surface area contributed by atoms with Gasteiger partial charge in [0, 0.05) is 13.2 Å². The first-order valence-corrected chi connectivity index (χ1v) is 6.75. The summed E-state index contributed by atoms with van der Waals surface area (Å²) in [6.07, 6.45) is 2.45. The highest BCUT2D eigenvalue weighted by Gasteiger charge is 2.12. The monoisotopic (exact) mass is 288 g/mol. The van der Waals surface area contributed by atoms with Crippen LogP contribution in [0.15, 0.2) is 41.3 Å². The molecule has 1 N–H and O–H groups in total. The largest absolute Gasteiger partial charge is 0.355 e. The van der Waals surface area contributed by atoms with E-state index in [-0.39, 0.29) is 16.9 Å². The van der Waals surface area contributed by atoms with Crippen LogP contribution in [0.1, 0.15) is 28.4 Å². The summed E-state index contributed by atoms with van der Waals surface area (Å²) in [5, 5.41) is 2.47. The van der Waals surface area contributed by atoms with Gasteiger partial charge in [0.05, 0.1) is 6.54 Å². The number of aryl methyl sites for hydroxylation is 1. The fraction of sp³-hybridized carbons (Fsp3) is 0.250. The van der Waals surface area contributed by atoms with Gasteiger partial charge in [0.25, 0.3) is 11.5 Å². The third-order valence-corrected chi connectivity index (χ3v) is 3.29. The second kappa shape index (κ2) is 6.35. The summed E-state index contributed by atoms with van der Waals surface area (Å²) < 4.78 is 14.4. The minimum atomic E-state index is -0.400. The van der Waals surface area contributed by atoms with Gasteiger partial charge in [0.2, 0.25) is 0 Å². The van der Waals surface area contributed by atoms with Crippen molar-refractivity contribution in [2.24, 2.45) is 0 Å². The molecule has 1 heterocycles. The summed E-state index contributed by atoms with van der Waals surface area (Å²) >= 11 is 0. The molecule has 0 saturated heterocycles. The molecule has 0 fully saturated rings. The summed E-state index contributed by atoms with van der Waals surface area (Å²) in [5.74, 6) is -0.720. The molecule has 2 rings (SSSR count). The molecular weight excluding hydrogens is 271 g/mol. The number of aromatic nitrogens is 1. The molecule has 0 aliphatic heterocycles. The second-order valence-corrected chi connectivity index (χ2v) is 4.75. The molecule has 0 bridgehead atoms. The fourth-order valence-corrected chi connectivity index (χ4v) is 2.09. The van der Waals surface area contributed by atoms with Gasteiger partial charge in [-0.1, -0.05) is 19.1 Å². The van der Waals surface area contributed by atoms with Gasteiger partial charge in [0.15, 0.2) is 0 Å². The van der Waals surface area contributed by atoms with Crippen LogP contribution >= 0.6 is 0 Å². The Balaban J connectivity index is 2.45. The smallest absolute Gasteiger partial charge is 0.263 e. The van der Waals surface area contributed by atoms with E-state index in [1.807, 2.05) is 6.92 Å². The Morgan fingerprint density at radius 1 is 1.24 bits per heavy atom. The Bertz CT molecular complexity index is 705. The van der Waals surface area contributed by atoms with E-state index in [0.29, 0.717) is 13.0 Å². The molecule has 0 radical (unpaired) electrons. The SMILES string of the molecule is CCc1cc(C(=O)NC)c(=O)n(Cc2ccc(F)cc2)c1. The highest BCUT2D eigenvalue weighted by atomic mass is 19.1. The van der Waals surface area contributed by atoms with E-state index in [1.165, 1.54) is 23.7 Å². The second-order valence-electron chi connectivity index (χ2n) is 4.75. The van der Waals surface area contributed by atoms with E-state index >= 15 is 0 Å². The molecule has 0 spiro atoms. The molecule has 0 saturated carbocycles. The Morgan fingerprint density at radius 2 is 1.90 bits per heavy atom. The van der Waals surface area contributed by atoms with Gasteiger partial charge in [0.1, 0.15) is 11.4 Å². The Morgan fingerprint density at radius 3 is 2.48 bits per heavy atom. The lowest BCUT2D eigenvalue weighted by Gasteiger charge is -2.11. The molecule has 0 aliphatic rings. The van der Waals surface area contributed by atoms with Crippen molar-refractivity contribution in [3.05, 3.63) is 69.4 Å². The molecule has 110 valence electrons. The lowest BCUT2D eigenvalue weighted by molar-refractivity contribution is 0.0961. The molecule has 21 heavy (non-hydrogen) atoms. The molecular formula is C16H17FN2O2. The number of rotatable bonds is 4. The van der Waals surface area contributed by atoms with Gasteiger partial charge in [-0.15, -0.1) is 0 Å². The molecule has 5 heteroatoms. The van der Waals surface area contributed by atoms with Crippen LogP contribution in [-0.4, -0.2) is 17.5 Å². The lowest BCUT2D eigenvalue weighted by atomic mass is 10.1. The van der Waals surface area contributed by atoms with Crippen molar-refractivity contribution in [1.82, 2.24) is 9.88 Å². The van der Waals surface area contributed by atoms with Crippen LogP contribution in [0.5, 0.6) is 0 Å². The highest BCUT2D eigenvalue weighted by Crippen LogP contribution is 2.07. The van der Waals surface area contributed by atoms with Crippen molar-refractivity contribution < 1.29 is 9.18 Å². The molecule has 4 nitrogen and oxygen atoms in total. The number of nitrogens with zero attached hydrogens (tertiary/aromatic N) is 1. The zero-order valence-corrected chi connectivity index (χ0v) is 12.0. The number of carbonyl (C=O) groups excluding carboxylic acids is 1. The quantitative estimate of drug-likeness (QED) is 0.935. The number of hydrogen-bond acceptors (Lipinski definition) is 2. The van der Waals surface area contributed by atoms with Gasteiger partial charge in [-0.25, -0.2) is 4.39 Å². The molecule has 1 amide bonds. The van der Waals surface area contributed by atoms with Crippen LogP contribution in [0, 0.1) is 5.82 Å². The Hall–Kier alpha value is -2.43. The molecule has 2 aromatic rings. The third-order valence-electron chi connectivity index (χ3n) is 3.29. The lowest BCUT2D eigenvalue weighted by Crippen LogP contribution is -2.31. The maximum absolute atomic E-state index is 12.9. The first kappa shape index (κ1) is 15.0. The number of halogens is 1. The van der Waals surface area contributed by atoms with Gasteiger partial charge in [-0.2, -0.15) is 0 Å². The standard InChI is InChI=1S/C16H17FN2O2/c1-3-11-8-14(15(20)18-2)16(21)19(9-11)10-12-4-6-13(17)7-5-12/h4-9H,3,10H2,1-2H3,(H,18,20). The number of benzene rings is 1. The van der Waals surface area contributed by atoms with Crippen molar-refractivity contribution in [2.75, 3.05) is 7.05 Å². The Kier molecular flexibility index (Phi) is 4.52. The van der Waals surface area contributed by atoms with Crippen molar-refractivity contribution in [1.29, 1.82) is 0 Å². The first-order valence-electron chi connectivity index (χ1n) is 6.75. The van der Waals surface area contributed by atoms with E-state index in [2.05, 4.69) is 5.32 Å². The fourth-order valence-electron chi connectivity index (χ4n) is 2.09. The number of amides is 1. The van der Waals surface area contributed by atoms with Crippen LogP contribution in [0.4, 0.5) is 4.39 Å². The topological polar surface area (TPSA) is 51.1 Å².